The summed E-state index contributed by atoms with van der Waals surface area (Å²) in [5.74, 6) is 0.707. The zero-order chi connectivity index (χ0) is 21.7. The van der Waals surface area contributed by atoms with Gasteiger partial charge in [-0.15, -0.1) is 0 Å². The number of aromatic nitrogens is 1. The molecule has 1 heterocycles. The Kier molecular flexibility index (Phi) is 7.07. The van der Waals surface area contributed by atoms with E-state index in [1.54, 1.807) is 44.4 Å². The Balaban J connectivity index is 2.03. The van der Waals surface area contributed by atoms with Gasteiger partial charge in [0.2, 0.25) is 0 Å². The van der Waals surface area contributed by atoms with Crippen molar-refractivity contribution >= 4 is 17.4 Å². The summed E-state index contributed by atoms with van der Waals surface area (Å²) < 4.78 is 34.3. The standard InChI is InChI=1S/C22H21ClF2N2O3/c1-13-9-20(28)17(12-18(13)23)19-10-15(11-21(27-19)26-7-8-29-2)14-3-5-16(6-4-14)30-22(24)25/h3-6,9-12,22,28H,7-8H2,1-2H3,(H,26,27). The fourth-order valence-corrected chi connectivity index (χ4v) is 3.07. The number of aryl methyl sites for hydroxylation is 1. The molecule has 2 N–H and O–H groups in total. The Morgan fingerprint density at radius 3 is 2.50 bits per heavy atom. The number of benzene rings is 2. The van der Waals surface area contributed by atoms with E-state index < -0.39 is 6.61 Å². The molecule has 3 rings (SSSR count). The molecule has 0 saturated heterocycles. The van der Waals surface area contributed by atoms with Gasteiger partial charge in [-0.3, -0.25) is 0 Å². The number of hydrogen-bond acceptors (Lipinski definition) is 5. The number of anilines is 1. The van der Waals surface area contributed by atoms with E-state index in [0.29, 0.717) is 35.2 Å². The summed E-state index contributed by atoms with van der Waals surface area (Å²) in [6, 6.07) is 13.2. The molecule has 1 aromatic heterocycles. The summed E-state index contributed by atoms with van der Waals surface area (Å²) in [7, 11) is 1.60. The van der Waals surface area contributed by atoms with Crippen LogP contribution >= 0.6 is 11.6 Å². The van der Waals surface area contributed by atoms with Gasteiger partial charge in [-0.1, -0.05) is 23.7 Å². The molecule has 158 valence electrons. The number of rotatable bonds is 8. The first-order chi connectivity index (χ1) is 14.4. The average molecular weight is 435 g/mol. The number of hydrogen-bond donors (Lipinski definition) is 2. The van der Waals surface area contributed by atoms with Gasteiger partial charge in [0.15, 0.2) is 0 Å². The van der Waals surface area contributed by atoms with Gasteiger partial charge in [-0.25, -0.2) is 4.98 Å². The van der Waals surface area contributed by atoms with Crippen LogP contribution < -0.4 is 10.1 Å². The Hall–Kier alpha value is -2.90. The molecule has 2 aromatic carbocycles. The van der Waals surface area contributed by atoms with Crippen molar-refractivity contribution in [3.8, 4) is 33.9 Å². The highest BCUT2D eigenvalue weighted by atomic mass is 35.5. The van der Waals surface area contributed by atoms with Crippen LogP contribution in [0.4, 0.5) is 14.6 Å². The third-order valence-electron chi connectivity index (χ3n) is 4.40. The lowest BCUT2D eigenvalue weighted by atomic mass is 10.0. The van der Waals surface area contributed by atoms with Crippen molar-refractivity contribution in [1.82, 2.24) is 4.98 Å². The zero-order valence-corrected chi connectivity index (χ0v) is 17.2. The van der Waals surface area contributed by atoms with Crippen LogP contribution in [0.1, 0.15) is 5.56 Å². The second kappa shape index (κ2) is 9.73. The number of pyridine rings is 1. The minimum absolute atomic E-state index is 0.0603. The van der Waals surface area contributed by atoms with E-state index in [1.807, 2.05) is 6.07 Å². The van der Waals surface area contributed by atoms with Gasteiger partial charge in [0.25, 0.3) is 0 Å². The Morgan fingerprint density at radius 1 is 1.10 bits per heavy atom. The molecule has 0 aliphatic heterocycles. The van der Waals surface area contributed by atoms with Crippen molar-refractivity contribution in [2.45, 2.75) is 13.5 Å². The summed E-state index contributed by atoms with van der Waals surface area (Å²) in [4.78, 5) is 4.58. The van der Waals surface area contributed by atoms with Gasteiger partial charge in [0.1, 0.15) is 17.3 Å². The molecule has 0 unspecified atom stereocenters. The minimum atomic E-state index is -2.88. The number of phenols is 1. The first-order valence-electron chi connectivity index (χ1n) is 9.17. The molecule has 0 aliphatic carbocycles. The zero-order valence-electron chi connectivity index (χ0n) is 16.5. The maximum absolute atomic E-state index is 12.4. The average Bonchev–Trinajstić information content (AvgIpc) is 2.71. The quantitative estimate of drug-likeness (QED) is 0.442. The Bertz CT molecular complexity index is 1010. The highest BCUT2D eigenvalue weighted by Gasteiger charge is 2.13. The molecule has 0 amide bonds. The van der Waals surface area contributed by atoms with Crippen LogP contribution in [-0.2, 0) is 4.74 Å². The third kappa shape index (κ3) is 5.37. The lowest BCUT2D eigenvalue weighted by molar-refractivity contribution is -0.0498. The van der Waals surface area contributed by atoms with Crippen molar-refractivity contribution < 1.29 is 23.4 Å². The molecule has 0 fully saturated rings. The van der Waals surface area contributed by atoms with Gasteiger partial charge in [0.05, 0.1) is 12.3 Å². The maximum atomic E-state index is 12.4. The van der Waals surface area contributed by atoms with Crippen LogP contribution in [0.2, 0.25) is 5.02 Å². The van der Waals surface area contributed by atoms with Gasteiger partial charge < -0.3 is 19.9 Å². The molecule has 8 heteroatoms. The van der Waals surface area contributed by atoms with E-state index in [9.17, 15) is 13.9 Å². The number of methoxy groups -OCH3 is 1. The molecule has 0 bridgehead atoms. The first kappa shape index (κ1) is 21.8. The maximum Gasteiger partial charge on any atom is 0.387 e. The highest BCUT2D eigenvalue weighted by Crippen LogP contribution is 2.36. The van der Waals surface area contributed by atoms with Gasteiger partial charge in [-0.05, 0) is 60.0 Å². The molecular formula is C22H21ClF2N2O3. The number of ether oxygens (including phenoxy) is 2. The number of aromatic hydroxyl groups is 1. The van der Waals surface area contributed by atoms with Crippen molar-refractivity contribution in [3.63, 3.8) is 0 Å². The third-order valence-corrected chi connectivity index (χ3v) is 4.81. The molecule has 30 heavy (non-hydrogen) atoms. The van der Waals surface area contributed by atoms with Crippen LogP contribution in [0, 0.1) is 6.92 Å². The van der Waals surface area contributed by atoms with E-state index >= 15 is 0 Å². The van der Waals surface area contributed by atoms with Gasteiger partial charge in [-0.2, -0.15) is 8.78 Å². The number of nitrogens with one attached hydrogen (secondary N) is 1. The normalized spacial score (nSPS) is 11.0. The number of nitrogens with zero attached hydrogens (tertiary/aromatic N) is 1. The summed E-state index contributed by atoms with van der Waals surface area (Å²) in [5, 5.41) is 14.1. The smallest absolute Gasteiger partial charge is 0.387 e. The van der Waals surface area contributed by atoms with Crippen molar-refractivity contribution in [2.24, 2.45) is 0 Å². The predicted molar refractivity (Wildman–Crippen MR) is 114 cm³/mol. The summed E-state index contributed by atoms with van der Waals surface area (Å²) >= 11 is 6.25. The van der Waals surface area contributed by atoms with Crippen LogP contribution in [0.5, 0.6) is 11.5 Å². The fraction of sp³-hybridized carbons (Fsp3) is 0.227. The molecule has 0 atom stereocenters. The number of alkyl halides is 2. The Labute approximate surface area is 178 Å². The predicted octanol–water partition coefficient (Wildman–Crippen LogP) is 5.74. The van der Waals surface area contributed by atoms with Crippen LogP contribution in [-0.4, -0.2) is 37.0 Å². The number of halogens is 3. The lowest BCUT2D eigenvalue weighted by Crippen LogP contribution is -2.09. The van der Waals surface area contributed by atoms with E-state index in [4.69, 9.17) is 16.3 Å². The molecule has 3 aromatic rings. The van der Waals surface area contributed by atoms with E-state index in [-0.39, 0.29) is 11.5 Å². The fourth-order valence-electron chi connectivity index (χ4n) is 2.91. The first-order valence-corrected chi connectivity index (χ1v) is 9.55. The number of phenolic OH excluding ortho intramolecular Hbond substituents is 1. The molecule has 0 saturated carbocycles. The molecule has 0 aliphatic rings. The van der Waals surface area contributed by atoms with Crippen molar-refractivity contribution in [2.75, 3.05) is 25.6 Å². The van der Waals surface area contributed by atoms with E-state index in [2.05, 4.69) is 15.0 Å². The SMILES string of the molecule is COCCNc1cc(-c2ccc(OC(F)F)cc2)cc(-c2cc(Cl)c(C)cc2O)n1. The summed E-state index contributed by atoms with van der Waals surface area (Å²) in [6.07, 6.45) is 0. The summed E-state index contributed by atoms with van der Waals surface area (Å²) in [5.41, 5.74) is 3.30. The van der Waals surface area contributed by atoms with Crippen molar-refractivity contribution in [3.05, 3.63) is 59.1 Å². The van der Waals surface area contributed by atoms with E-state index in [1.165, 1.54) is 12.1 Å². The van der Waals surface area contributed by atoms with Crippen LogP contribution in [0.15, 0.2) is 48.5 Å². The highest BCUT2D eigenvalue weighted by molar-refractivity contribution is 6.31. The largest absolute Gasteiger partial charge is 0.507 e. The second-order valence-corrected chi connectivity index (χ2v) is 6.97. The van der Waals surface area contributed by atoms with Crippen molar-refractivity contribution in [1.29, 1.82) is 0 Å². The minimum Gasteiger partial charge on any atom is -0.507 e. The topological polar surface area (TPSA) is 63.6 Å². The van der Waals surface area contributed by atoms with Crippen LogP contribution in [0.3, 0.4) is 0 Å². The van der Waals surface area contributed by atoms with Gasteiger partial charge >= 0.3 is 6.61 Å². The Morgan fingerprint density at radius 2 is 1.83 bits per heavy atom. The molecule has 5 nitrogen and oxygen atoms in total. The molecular weight excluding hydrogens is 414 g/mol. The van der Waals surface area contributed by atoms with Gasteiger partial charge in [0, 0.05) is 24.2 Å². The lowest BCUT2D eigenvalue weighted by Gasteiger charge is -2.13. The summed E-state index contributed by atoms with van der Waals surface area (Å²) in [6.45, 7) is -0.0538. The molecule has 0 spiro atoms. The second-order valence-electron chi connectivity index (χ2n) is 6.57. The molecule has 0 radical (unpaired) electrons. The van der Waals surface area contributed by atoms with Crippen LogP contribution in [0.25, 0.3) is 22.4 Å². The van der Waals surface area contributed by atoms with E-state index in [0.717, 1.165) is 16.7 Å². The monoisotopic (exact) mass is 434 g/mol.